The molecule has 0 saturated carbocycles. The Labute approximate surface area is 156 Å². The largest absolute Gasteiger partial charge is 0.478 e. The molecule has 26 heavy (non-hydrogen) atoms. The number of nitrogens with two attached hydrogens (primary N) is 1. The van der Waals surface area contributed by atoms with Crippen molar-refractivity contribution >= 4 is 17.7 Å². The van der Waals surface area contributed by atoms with E-state index in [-0.39, 0.29) is 0 Å². The predicted octanol–water partition coefficient (Wildman–Crippen LogP) is 3.19. The number of nitrogens with zero attached hydrogens (tertiary/aromatic N) is 3. The Morgan fingerprint density at radius 1 is 1.15 bits per heavy atom. The van der Waals surface area contributed by atoms with Gasteiger partial charge in [-0.2, -0.15) is 0 Å². The molecule has 0 aliphatic heterocycles. The lowest BCUT2D eigenvalue weighted by atomic mass is 10.0. The molecule has 0 bridgehead atoms. The number of benzene rings is 2. The molecular formula is C19H20N4O2S. The van der Waals surface area contributed by atoms with Gasteiger partial charge in [-0.15, -0.1) is 10.2 Å². The van der Waals surface area contributed by atoms with E-state index in [0.29, 0.717) is 28.7 Å². The van der Waals surface area contributed by atoms with Gasteiger partial charge in [-0.05, 0) is 42.2 Å². The van der Waals surface area contributed by atoms with Crippen molar-refractivity contribution < 1.29 is 9.90 Å². The van der Waals surface area contributed by atoms with Crippen molar-refractivity contribution in [2.45, 2.75) is 31.2 Å². The van der Waals surface area contributed by atoms with Gasteiger partial charge in [0.25, 0.3) is 0 Å². The fourth-order valence-corrected chi connectivity index (χ4v) is 3.50. The van der Waals surface area contributed by atoms with Crippen LogP contribution < -0.4 is 5.84 Å². The molecule has 0 unspecified atom stereocenters. The lowest BCUT2D eigenvalue weighted by Gasteiger charge is -2.07. The zero-order valence-corrected chi connectivity index (χ0v) is 15.5. The summed E-state index contributed by atoms with van der Waals surface area (Å²) in [7, 11) is 0. The third-order valence-electron chi connectivity index (χ3n) is 4.27. The SMILES string of the molecule is Cc1ccc(Cc2nnc(SCc3ccccc3C(=O)O)n2N)cc1C. The molecule has 3 aromatic rings. The standard InChI is InChI=1S/C19H20N4O2S/c1-12-7-8-14(9-13(12)2)10-17-21-22-19(23(17)20)26-11-15-5-3-4-6-16(15)18(24)25/h3-9H,10-11,20H2,1-2H3,(H,24,25). The van der Waals surface area contributed by atoms with Crippen molar-refractivity contribution in [1.82, 2.24) is 14.9 Å². The molecule has 0 radical (unpaired) electrons. The Bertz CT molecular complexity index is 952. The molecule has 2 aromatic carbocycles. The molecule has 3 N–H and O–H groups in total. The zero-order chi connectivity index (χ0) is 18.7. The van der Waals surface area contributed by atoms with Crippen LogP contribution in [0.4, 0.5) is 0 Å². The molecule has 0 amide bonds. The van der Waals surface area contributed by atoms with Gasteiger partial charge in [-0.3, -0.25) is 0 Å². The highest BCUT2D eigenvalue weighted by Crippen LogP contribution is 2.23. The molecule has 1 heterocycles. The van der Waals surface area contributed by atoms with Crippen LogP contribution in [-0.4, -0.2) is 25.9 Å². The van der Waals surface area contributed by atoms with Gasteiger partial charge in [0.05, 0.1) is 5.56 Å². The third-order valence-corrected chi connectivity index (χ3v) is 5.27. The maximum atomic E-state index is 11.3. The highest BCUT2D eigenvalue weighted by molar-refractivity contribution is 7.98. The second-order valence-electron chi connectivity index (χ2n) is 6.12. The van der Waals surface area contributed by atoms with Gasteiger partial charge in [-0.25, -0.2) is 9.47 Å². The molecule has 134 valence electrons. The van der Waals surface area contributed by atoms with Gasteiger partial charge in [0.1, 0.15) is 0 Å². The monoisotopic (exact) mass is 368 g/mol. The van der Waals surface area contributed by atoms with E-state index in [1.165, 1.54) is 27.6 Å². The minimum atomic E-state index is -0.939. The summed E-state index contributed by atoms with van der Waals surface area (Å²) in [5, 5.41) is 18.1. The van der Waals surface area contributed by atoms with Crippen LogP contribution in [0, 0.1) is 13.8 Å². The minimum absolute atomic E-state index is 0.290. The highest BCUT2D eigenvalue weighted by Gasteiger charge is 2.14. The zero-order valence-electron chi connectivity index (χ0n) is 14.6. The van der Waals surface area contributed by atoms with Gasteiger partial charge < -0.3 is 10.9 Å². The van der Waals surface area contributed by atoms with E-state index in [1.54, 1.807) is 18.2 Å². The number of aryl methyl sites for hydroxylation is 2. The van der Waals surface area contributed by atoms with E-state index in [2.05, 4.69) is 42.2 Å². The first kappa shape index (κ1) is 18.0. The fourth-order valence-electron chi connectivity index (χ4n) is 2.62. The number of carboxylic acid groups (broad SMARTS) is 1. The molecule has 3 rings (SSSR count). The normalized spacial score (nSPS) is 10.8. The number of hydrogen-bond donors (Lipinski definition) is 2. The second-order valence-corrected chi connectivity index (χ2v) is 7.06. The van der Waals surface area contributed by atoms with E-state index in [9.17, 15) is 9.90 Å². The Morgan fingerprint density at radius 2 is 1.92 bits per heavy atom. The van der Waals surface area contributed by atoms with E-state index >= 15 is 0 Å². The Hall–Kier alpha value is -2.80. The van der Waals surface area contributed by atoms with Crippen LogP contribution in [0.3, 0.4) is 0 Å². The molecule has 7 heteroatoms. The van der Waals surface area contributed by atoms with Gasteiger partial charge in [0.15, 0.2) is 5.82 Å². The number of thioether (sulfide) groups is 1. The van der Waals surface area contributed by atoms with E-state index < -0.39 is 5.97 Å². The minimum Gasteiger partial charge on any atom is -0.478 e. The molecule has 0 fully saturated rings. The summed E-state index contributed by atoms with van der Waals surface area (Å²) in [4.78, 5) is 11.3. The number of aromatic nitrogens is 3. The predicted molar refractivity (Wildman–Crippen MR) is 102 cm³/mol. The number of hydrogen-bond acceptors (Lipinski definition) is 5. The van der Waals surface area contributed by atoms with Crippen LogP contribution in [0.5, 0.6) is 0 Å². The number of nitrogen functional groups attached to an aromatic ring is 1. The first-order valence-electron chi connectivity index (χ1n) is 8.15. The van der Waals surface area contributed by atoms with Crippen molar-refractivity contribution in [2.75, 3.05) is 5.84 Å². The van der Waals surface area contributed by atoms with Gasteiger partial charge in [-0.1, -0.05) is 48.2 Å². The van der Waals surface area contributed by atoms with Gasteiger partial charge >= 0.3 is 5.97 Å². The molecule has 0 atom stereocenters. The van der Waals surface area contributed by atoms with Crippen molar-refractivity contribution in [1.29, 1.82) is 0 Å². The van der Waals surface area contributed by atoms with Crippen LogP contribution in [0.1, 0.15) is 38.4 Å². The number of carboxylic acids is 1. The van der Waals surface area contributed by atoms with Crippen LogP contribution in [0.2, 0.25) is 0 Å². The summed E-state index contributed by atoms with van der Waals surface area (Å²) < 4.78 is 1.48. The van der Waals surface area contributed by atoms with Crippen LogP contribution in [0.15, 0.2) is 47.6 Å². The third kappa shape index (κ3) is 3.88. The summed E-state index contributed by atoms with van der Waals surface area (Å²) in [6, 6.07) is 13.2. The van der Waals surface area contributed by atoms with E-state index in [1.807, 2.05) is 6.07 Å². The van der Waals surface area contributed by atoms with E-state index in [0.717, 1.165) is 11.1 Å². The first-order valence-corrected chi connectivity index (χ1v) is 9.13. The average molecular weight is 368 g/mol. The molecule has 0 aliphatic carbocycles. The van der Waals surface area contributed by atoms with Crippen molar-refractivity contribution in [3.05, 3.63) is 76.1 Å². The van der Waals surface area contributed by atoms with Crippen molar-refractivity contribution in [3.8, 4) is 0 Å². The summed E-state index contributed by atoms with van der Waals surface area (Å²) in [5.41, 5.74) is 4.61. The van der Waals surface area contributed by atoms with Gasteiger partial charge in [0, 0.05) is 12.2 Å². The fraction of sp³-hybridized carbons (Fsp3) is 0.211. The van der Waals surface area contributed by atoms with Gasteiger partial charge in [0.2, 0.25) is 5.16 Å². The quantitative estimate of drug-likeness (QED) is 0.513. The number of rotatable bonds is 6. The summed E-state index contributed by atoms with van der Waals surface area (Å²) >= 11 is 1.37. The van der Waals surface area contributed by atoms with Crippen LogP contribution >= 0.6 is 11.8 Å². The van der Waals surface area contributed by atoms with Crippen LogP contribution in [0.25, 0.3) is 0 Å². The number of carbonyl (C=O) groups is 1. The molecular weight excluding hydrogens is 348 g/mol. The summed E-state index contributed by atoms with van der Waals surface area (Å²) in [6.07, 6.45) is 0.594. The van der Waals surface area contributed by atoms with Crippen molar-refractivity contribution in [3.63, 3.8) is 0 Å². The Balaban J connectivity index is 1.73. The maximum absolute atomic E-state index is 11.3. The second kappa shape index (κ2) is 7.61. The highest BCUT2D eigenvalue weighted by atomic mass is 32.2. The van der Waals surface area contributed by atoms with Crippen molar-refractivity contribution in [2.24, 2.45) is 0 Å². The smallest absolute Gasteiger partial charge is 0.335 e. The summed E-state index contributed by atoms with van der Waals surface area (Å²) in [5.74, 6) is 6.33. The number of aromatic carboxylic acids is 1. The Kier molecular flexibility index (Phi) is 5.27. The Morgan fingerprint density at radius 3 is 2.65 bits per heavy atom. The summed E-state index contributed by atoms with van der Waals surface area (Å²) in [6.45, 7) is 4.15. The molecule has 0 spiro atoms. The first-order chi connectivity index (χ1) is 12.5. The lowest BCUT2D eigenvalue weighted by Crippen LogP contribution is -2.14. The molecule has 1 aromatic heterocycles. The topological polar surface area (TPSA) is 94.0 Å². The molecule has 0 saturated heterocycles. The molecule has 0 aliphatic rings. The van der Waals surface area contributed by atoms with Crippen LogP contribution in [-0.2, 0) is 12.2 Å². The lowest BCUT2D eigenvalue weighted by molar-refractivity contribution is 0.0696. The maximum Gasteiger partial charge on any atom is 0.335 e. The van der Waals surface area contributed by atoms with E-state index in [4.69, 9.17) is 5.84 Å². The average Bonchev–Trinajstić information content (AvgIpc) is 2.96. The molecule has 6 nitrogen and oxygen atoms in total.